The number of benzene rings is 1. The molecule has 0 bridgehead atoms. The number of ether oxygens (including phenoxy) is 2. The third kappa shape index (κ3) is 3.46. The van der Waals surface area contributed by atoms with Gasteiger partial charge in [0.2, 0.25) is 11.8 Å². The highest BCUT2D eigenvalue weighted by molar-refractivity contribution is 6.00. The van der Waals surface area contributed by atoms with Crippen LogP contribution < -0.4 is 25.0 Å². The van der Waals surface area contributed by atoms with E-state index < -0.39 is 0 Å². The number of fused-ring (bicyclic) bond motifs is 1. The van der Waals surface area contributed by atoms with E-state index in [1.165, 1.54) is 0 Å². The molecule has 2 heterocycles. The molecule has 7 nitrogen and oxygen atoms in total. The third-order valence-electron chi connectivity index (χ3n) is 4.41. The Kier molecular flexibility index (Phi) is 4.89. The van der Waals surface area contributed by atoms with E-state index in [9.17, 15) is 9.59 Å². The highest BCUT2D eigenvalue weighted by Crippen LogP contribution is 2.35. The van der Waals surface area contributed by atoms with Crippen LogP contribution >= 0.6 is 0 Å². The Morgan fingerprint density at radius 3 is 2.83 bits per heavy atom. The molecular weight excluding hydrogens is 310 g/mol. The summed E-state index contributed by atoms with van der Waals surface area (Å²) in [7, 11) is 1.85. The Labute approximate surface area is 141 Å². The molecule has 0 saturated carbocycles. The van der Waals surface area contributed by atoms with Crippen molar-refractivity contribution in [3.05, 3.63) is 18.2 Å². The molecule has 1 aromatic carbocycles. The maximum atomic E-state index is 12.3. The molecule has 1 aromatic rings. The lowest BCUT2D eigenvalue weighted by Crippen LogP contribution is -2.40. The van der Waals surface area contributed by atoms with E-state index in [1.807, 2.05) is 20.0 Å². The van der Waals surface area contributed by atoms with Gasteiger partial charge < -0.3 is 25.0 Å². The zero-order chi connectivity index (χ0) is 17.1. The molecular formula is C17H23N3O4. The summed E-state index contributed by atoms with van der Waals surface area (Å²) in [5, 5.41) is 5.96. The van der Waals surface area contributed by atoms with E-state index >= 15 is 0 Å². The molecule has 7 heteroatoms. The van der Waals surface area contributed by atoms with Gasteiger partial charge in [0.05, 0.1) is 5.92 Å². The van der Waals surface area contributed by atoms with E-state index in [0.29, 0.717) is 37.8 Å². The van der Waals surface area contributed by atoms with E-state index in [1.54, 1.807) is 17.0 Å². The topological polar surface area (TPSA) is 79.9 Å². The van der Waals surface area contributed by atoms with Gasteiger partial charge in [-0.05, 0) is 26.1 Å². The predicted molar refractivity (Wildman–Crippen MR) is 89.4 cm³/mol. The fourth-order valence-corrected chi connectivity index (χ4v) is 2.83. The van der Waals surface area contributed by atoms with Gasteiger partial charge in [0.1, 0.15) is 13.2 Å². The van der Waals surface area contributed by atoms with Crippen LogP contribution in [0.5, 0.6) is 11.5 Å². The van der Waals surface area contributed by atoms with E-state index in [0.717, 1.165) is 5.69 Å². The first-order chi connectivity index (χ1) is 11.6. The summed E-state index contributed by atoms with van der Waals surface area (Å²) < 4.78 is 11.1. The minimum absolute atomic E-state index is 0.0477. The van der Waals surface area contributed by atoms with Gasteiger partial charge in [0, 0.05) is 37.3 Å². The van der Waals surface area contributed by atoms with Gasteiger partial charge >= 0.3 is 0 Å². The number of rotatable bonds is 5. The van der Waals surface area contributed by atoms with E-state index in [-0.39, 0.29) is 30.2 Å². The number of nitrogens with one attached hydrogen (secondary N) is 2. The second-order valence-corrected chi connectivity index (χ2v) is 6.17. The van der Waals surface area contributed by atoms with Crippen molar-refractivity contribution in [3.8, 4) is 11.5 Å². The molecule has 1 fully saturated rings. The summed E-state index contributed by atoms with van der Waals surface area (Å²) in [5.41, 5.74) is 0.739. The van der Waals surface area contributed by atoms with Crippen molar-refractivity contribution in [2.45, 2.75) is 19.4 Å². The van der Waals surface area contributed by atoms with Crippen LogP contribution in [0.15, 0.2) is 18.2 Å². The number of nitrogens with zero attached hydrogens (tertiary/aromatic N) is 1. The van der Waals surface area contributed by atoms with E-state index in [2.05, 4.69) is 10.6 Å². The Bertz CT molecular complexity index is 634. The molecule has 2 atom stereocenters. The van der Waals surface area contributed by atoms with Crippen LogP contribution in [0.25, 0.3) is 0 Å². The van der Waals surface area contributed by atoms with E-state index in [4.69, 9.17) is 9.47 Å². The summed E-state index contributed by atoms with van der Waals surface area (Å²) in [4.78, 5) is 26.2. The van der Waals surface area contributed by atoms with Crippen LogP contribution in [0, 0.1) is 5.92 Å². The zero-order valence-corrected chi connectivity index (χ0v) is 14.0. The standard InChI is InChI=1S/C17H23N3O4/c1-11(18-2)9-19-17(22)12-7-16(21)20(10-12)13-3-4-14-15(8-13)24-6-5-23-14/h3-4,8,11-12,18H,5-7,9-10H2,1-2H3,(H,19,22). The normalized spacial score (nSPS) is 20.8. The minimum Gasteiger partial charge on any atom is -0.486 e. The van der Waals surface area contributed by atoms with Crippen LogP contribution in [0.2, 0.25) is 0 Å². The fraction of sp³-hybridized carbons (Fsp3) is 0.529. The third-order valence-corrected chi connectivity index (χ3v) is 4.41. The van der Waals surface area contributed by atoms with Crippen LogP contribution in [-0.2, 0) is 9.59 Å². The predicted octanol–water partition coefficient (Wildman–Crippen LogP) is 0.535. The van der Waals surface area contributed by atoms with Gasteiger partial charge in [-0.15, -0.1) is 0 Å². The monoisotopic (exact) mass is 333 g/mol. The average molecular weight is 333 g/mol. The van der Waals surface area contributed by atoms with Gasteiger partial charge in [-0.25, -0.2) is 0 Å². The molecule has 0 aromatic heterocycles. The molecule has 1 saturated heterocycles. The Morgan fingerprint density at radius 1 is 1.33 bits per heavy atom. The Balaban J connectivity index is 1.65. The van der Waals surface area contributed by atoms with Gasteiger partial charge in [-0.1, -0.05) is 0 Å². The van der Waals surface area contributed by atoms with Crippen LogP contribution in [0.1, 0.15) is 13.3 Å². The SMILES string of the molecule is CNC(C)CNC(=O)C1CC(=O)N(c2ccc3c(c2)OCCO3)C1. The molecule has 2 unspecified atom stereocenters. The van der Waals surface area contributed by atoms with Crippen molar-refractivity contribution in [3.63, 3.8) is 0 Å². The number of carbonyl (C=O) groups excluding carboxylic acids is 2. The molecule has 130 valence electrons. The van der Waals surface area contributed by atoms with Crippen molar-refractivity contribution in [2.24, 2.45) is 5.92 Å². The molecule has 2 amide bonds. The number of hydrogen-bond donors (Lipinski definition) is 2. The van der Waals surface area contributed by atoms with Crippen molar-refractivity contribution < 1.29 is 19.1 Å². The molecule has 0 aliphatic carbocycles. The Hall–Kier alpha value is -2.28. The number of anilines is 1. The maximum Gasteiger partial charge on any atom is 0.227 e. The molecule has 3 rings (SSSR count). The minimum atomic E-state index is -0.324. The van der Waals surface area contributed by atoms with Gasteiger partial charge in [-0.3, -0.25) is 9.59 Å². The average Bonchev–Trinajstić information content (AvgIpc) is 3.00. The summed E-state index contributed by atoms with van der Waals surface area (Å²) in [6, 6.07) is 5.63. The molecule has 0 radical (unpaired) electrons. The second kappa shape index (κ2) is 7.09. The van der Waals surface area contributed by atoms with Crippen molar-refractivity contribution in [2.75, 3.05) is 38.3 Å². The number of likely N-dealkylation sites (N-methyl/N-ethyl adjacent to an activating group) is 1. The van der Waals surface area contributed by atoms with Crippen molar-refractivity contribution >= 4 is 17.5 Å². The highest BCUT2D eigenvalue weighted by atomic mass is 16.6. The first kappa shape index (κ1) is 16.6. The fourth-order valence-electron chi connectivity index (χ4n) is 2.83. The van der Waals surface area contributed by atoms with Gasteiger partial charge in [0.15, 0.2) is 11.5 Å². The van der Waals surface area contributed by atoms with Crippen molar-refractivity contribution in [1.82, 2.24) is 10.6 Å². The van der Waals surface area contributed by atoms with Crippen LogP contribution in [-0.4, -0.2) is 51.2 Å². The quantitative estimate of drug-likeness (QED) is 0.822. The summed E-state index contributed by atoms with van der Waals surface area (Å²) in [6.07, 6.45) is 0.230. The number of amides is 2. The smallest absolute Gasteiger partial charge is 0.227 e. The van der Waals surface area contributed by atoms with Gasteiger partial charge in [-0.2, -0.15) is 0 Å². The molecule has 2 aliphatic heterocycles. The van der Waals surface area contributed by atoms with Crippen LogP contribution in [0.3, 0.4) is 0 Å². The van der Waals surface area contributed by atoms with Crippen molar-refractivity contribution in [1.29, 1.82) is 0 Å². The summed E-state index contributed by atoms with van der Waals surface area (Å²) in [6.45, 7) is 3.95. The Morgan fingerprint density at radius 2 is 2.08 bits per heavy atom. The first-order valence-corrected chi connectivity index (χ1v) is 8.23. The lowest BCUT2D eigenvalue weighted by molar-refractivity contribution is -0.126. The lowest BCUT2D eigenvalue weighted by atomic mass is 10.1. The second-order valence-electron chi connectivity index (χ2n) is 6.17. The molecule has 2 aliphatic rings. The first-order valence-electron chi connectivity index (χ1n) is 8.23. The lowest BCUT2D eigenvalue weighted by Gasteiger charge is -2.22. The zero-order valence-electron chi connectivity index (χ0n) is 14.0. The molecule has 2 N–H and O–H groups in total. The van der Waals surface area contributed by atoms with Gasteiger partial charge in [0.25, 0.3) is 0 Å². The largest absolute Gasteiger partial charge is 0.486 e. The number of hydrogen-bond acceptors (Lipinski definition) is 5. The highest BCUT2D eigenvalue weighted by Gasteiger charge is 2.35. The molecule has 24 heavy (non-hydrogen) atoms. The maximum absolute atomic E-state index is 12.3. The summed E-state index contributed by atoms with van der Waals surface area (Å²) in [5.74, 6) is 0.878. The summed E-state index contributed by atoms with van der Waals surface area (Å²) >= 11 is 0. The number of carbonyl (C=O) groups is 2. The molecule has 0 spiro atoms. The van der Waals surface area contributed by atoms with Crippen LogP contribution in [0.4, 0.5) is 5.69 Å².